The first kappa shape index (κ1) is 13.4. The molecule has 1 unspecified atom stereocenters. The van der Waals surface area contributed by atoms with E-state index in [9.17, 15) is 4.79 Å². The van der Waals surface area contributed by atoms with E-state index in [1.807, 2.05) is 0 Å². The molecule has 0 aliphatic heterocycles. The van der Waals surface area contributed by atoms with Crippen LogP contribution in [0.4, 0.5) is 11.6 Å². The number of amides is 1. The van der Waals surface area contributed by atoms with Crippen molar-refractivity contribution >= 4 is 17.5 Å². The lowest BCUT2D eigenvalue weighted by Gasteiger charge is -2.17. The quantitative estimate of drug-likeness (QED) is 0.698. The molecule has 1 aliphatic rings. The topological polar surface area (TPSA) is 88.2 Å². The van der Waals surface area contributed by atoms with Gasteiger partial charge < -0.3 is 20.7 Å². The zero-order valence-electron chi connectivity index (χ0n) is 11.4. The summed E-state index contributed by atoms with van der Waals surface area (Å²) in [5.74, 6) is 1.54. The van der Waals surface area contributed by atoms with Gasteiger partial charge in [-0.25, -0.2) is 9.97 Å². The number of ether oxygens (including phenoxy) is 1. The molecule has 2 rings (SSSR count). The Morgan fingerprint density at radius 1 is 1.42 bits per heavy atom. The van der Waals surface area contributed by atoms with Crippen molar-refractivity contribution in [3.63, 3.8) is 0 Å². The highest BCUT2D eigenvalue weighted by Gasteiger charge is 2.26. The van der Waals surface area contributed by atoms with Gasteiger partial charge in [-0.1, -0.05) is 0 Å². The first-order valence-corrected chi connectivity index (χ1v) is 6.29. The summed E-state index contributed by atoms with van der Waals surface area (Å²) >= 11 is 0. The van der Waals surface area contributed by atoms with Gasteiger partial charge in [-0.2, -0.15) is 0 Å². The summed E-state index contributed by atoms with van der Waals surface area (Å²) in [6, 6.07) is -0.0361. The van der Waals surface area contributed by atoms with E-state index in [1.165, 1.54) is 6.33 Å². The lowest BCUT2D eigenvalue weighted by atomic mass is 10.3. The van der Waals surface area contributed by atoms with Gasteiger partial charge in [0.1, 0.15) is 12.4 Å². The van der Waals surface area contributed by atoms with Crippen molar-refractivity contribution in [2.24, 2.45) is 0 Å². The number of carbonyl (C=O) groups excluding carboxylic acids is 1. The van der Waals surface area contributed by atoms with Crippen LogP contribution in [0.25, 0.3) is 0 Å². The molecule has 1 heterocycles. The Hall–Kier alpha value is -2.05. The summed E-state index contributed by atoms with van der Waals surface area (Å²) in [6.07, 6.45) is 3.56. The van der Waals surface area contributed by atoms with E-state index in [4.69, 9.17) is 4.74 Å². The van der Waals surface area contributed by atoms with Crippen LogP contribution in [0, 0.1) is 0 Å². The first-order valence-electron chi connectivity index (χ1n) is 6.29. The molecule has 19 heavy (non-hydrogen) atoms. The number of rotatable bonds is 6. The maximum atomic E-state index is 11.9. The molecule has 0 aromatic carbocycles. The third kappa shape index (κ3) is 3.24. The Morgan fingerprint density at radius 3 is 2.68 bits per heavy atom. The monoisotopic (exact) mass is 265 g/mol. The van der Waals surface area contributed by atoms with Crippen LogP contribution in [0.5, 0.6) is 5.75 Å². The van der Waals surface area contributed by atoms with Crippen molar-refractivity contribution in [1.29, 1.82) is 0 Å². The Bertz CT molecular complexity index is 461. The number of hydrogen-bond acceptors (Lipinski definition) is 6. The van der Waals surface area contributed by atoms with Gasteiger partial charge in [0.25, 0.3) is 0 Å². The number of methoxy groups -OCH3 is 1. The van der Waals surface area contributed by atoms with Crippen LogP contribution >= 0.6 is 0 Å². The van der Waals surface area contributed by atoms with Crippen molar-refractivity contribution in [2.45, 2.75) is 31.8 Å². The van der Waals surface area contributed by atoms with Gasteiger partial charge in [-0.15, -0.1) is 0 Å². The molecule has 7 heteroatoms. The number of carbonyl (C=O) groups is 1. The van der Waals surface area contributed by atoms with Gasteiger partial charge in [-0.05, 0) is 19.8 Å². The van der Waals surface area contributed by atoms with Gasteiger partial charge >= 0.3 is 0 Å². The van der Waals surface area contributed by atoms with Crippen molar-refractivity contribution < 1.29 is 9.53 Å². The Morgan fingerprint density at radius 2 is 2.11 bits per heavy atom. The van der Waals surface area contributed by atoms with Crippen LogP contribution in [0.2, 0.25) is 0 Å². The van der Waals surface area contributed by atoms with Crippen LogP contribution in [0.3, 0.4) is 0 Å². The Balaban J connectivity index is 2.06. The van der Waals surface area contributed by atoms with Crippen molar-refractivity contribution in [3.8, 4) is 5.75 Å². The van der Waals surface area contributed by atoms with Crippen LogP contribution in [-0.2, 0) is 4.79 Å². The molecule has 104 valence electrons. The second-order valence-electron chi connectivity index (χ2n) is 4.50. The fourth-order valence-corrected chi connectivity index (χ4v) is 1.67. The van der Waals surface area contributed by atoms with Gasteiger partial charge in [0.2, 0.25) is 11.7 Å². The summed E-state index contributed by atoms with van der Waals surface area (Å²) in [7, 11) is 3.29. The fourth-order valence-electron chi connectivity index (χ4n) is 1.67. The molecular formula is C12H19N5O2. The van der Waals surface area contributed by atoms with Crippen LogP contribution < -0.4 is 20.7 Å². The molecule has 1 aromatic heterocycles. The SMILES string of the molecule is CNc1ncnc(NC(C)C(=O)NC2CC2)c1OC. The molecule has 1 saturated carbocycles. The van der Waals surface area contributed by atoms with Crippen LogP contribution in [0.15, 0.2) is 6.33 Å². The van der Waals surface area contributed by atoms with E-state index < -0.39 is 0 Å². The Labute approximate surface area is 112 Å². The largest absolute Gasteiger partial charge is 0.490 e. The fraction of sp³-hybridized carbons (Fsp3) is 0.583. The molecule has 1 aromatic rings. The van der Waals surface area contributed by atoms with Gasteiger partial charge in [0.15, 0.2) is 11.6 Å². The minimum absolute atomic E-state index is 0.0332. The van der Waals surface area contributed by atoms with Crippen LogP contribution in [0.1, 0.15) is 19.8 Å². The summed E-state index contributed by atoms with van der Waals surface area (Å²) in [6.45, 7) is 1.79. The predicted molar refractivity (Wildman–Crippen MR) is 72.4 cm³/mol. The van der Waals surface area contributed by atoms with E-state index in [1.54, 1.807) is 21.1 Å². The highest BCUT2D eigenvalue weighted by Crippen LogP contribution is 2.29. The lowest BCUT2D eigenvalue weighted by Crippen LogP contribution is -2.39. The summed E-state index contributed by atoms with van der Waals surface area (Å²) < 4.78 is 5.26. The molecule has 0 radical (unpaired) electrons. The number of anilines is 2. The standard InChI is InChI=1S/C12H19N5O2/c1-7(12(18)17-8-4-5-8)16-11-9(19-3)10(13-2)14-6-15-11/h6-8H,4-5H2,1-3H3,(H,17,18)(H2,13,14,15,16). The number of hydrogen-bond donors (Lipinski definition) is 3. The zero-order valence-corrected chi connectivity index (χ0v) is 11.4. The highest BCUT2D eigenvalue weighted by atomic mass is 16.5. The van der Waals surface area contributed by atoms with Gasteiger partial charge in [-0.3, -0.25) is 4.79 Å². The molecule has 1 aliphatic carbocycles. The average molecular weight is 265 g/mol. The van der Waals surface area contributed by atoms with Crippen molar-refractivity contribution in [3.05, 3.63) is 6.33 Å². The molecular weight excluding hydrogens is 246 g/mol. The lowest BCUT2D eigenvalue weighted by molar-refractivity contribution is -0.121. The second-order valence-corrected chi connectivity index (χ2v) is 4.50. The van der Waals surface area contributed by atoms with Gasteiger partial charge in [0.05, 0.1) is 7.11 Å². The Kier molecular flexibility index (Phi) is 4.03. The number of aromatic nitrogens is 2. The van der Waals surface area contributed by atoms with E-state index >= 15 is 0 Å². The van der Waals surface area contributed by atoms with E-state index in [-0.39, 0.29) is 11.9 Å². The second kappa shape index (κ2) is 5.73. The highest BCUT2D eigenvalue weighted by molar-refractivity contribution is 5.85. The van der Waals surface area contributed by atoms with Gasteiger partial charge in [0, 0.05) is 13.1 Å². The third-order valence-corrected chi connectivity index (χ3v) is 2.91. The molecule has 0 saturated heterocycles. The number of nitrogens with zero attached hydrogens (tertiary/aromatic N) is 2. The normalized spacial score (nSPS) is 15.5. The zero-order chi connectivity index (χ0) is 13.8. The van der Waals surface area contributed by atoms with E-state index in [2.05, 4.69) is 25.9 Å². The van der Waals surface area contributed by atoms with Crippen molar-refractivity contribution in [1.82, 2.24) is 15.3 Å². The molecule has 1 atom stereocenters. The summed E-state index contributed by atoms with van der Waals surface area (Å²) in [4.78, 5) is 20.0. The minimum Gasteiger partial charge on any atom is -0.490 e. The summed E-state index contributed by atoms with van der Waals surface area (Å²) in [5.41, 5.74) is 0. The molecule has 0 bridgehead atoms. The maximum absolute atomic E-state index is 11.9. The maximum Gasteiger partial charge on any atom is 0.242 e. The van der Waals surface area contributed by atoms with Crippen LogP contribution in [-0.4, -0.2) is 42.1 Å². The van der Waals surface area contributed by atoms with E-state index in [0.717, 1.165) is 12.8 Å². The third-order valence-electron chi connectivity index (χ3n) is 2.91. The predicted octanol–water partition coefficient (Wildman–Crippen LogP) is 0.606. The van der Waals surface area contributed by atoms with E-state index in [0.29, 0.717) is 23.4 Å². The number of nitrogens with one attached hydrogen (secondary N) is 3. The summed E-state index contributed by atoms with van der Waals surface area (Å²) in [5, 5.41) is 8.89. The average Bonchev–Trinajstić information content (AvgIpc) is 3.22. The van der Waals surface area contributed by atoms with Crippen molar-refractivity contribution in [2.75, 3.05) is 24.8 Å². The first-order chi connectivity index (χ1) is 9.15. The molecule has 0 spiro atoms. The smallest absolute Gasteiger partial charge is 0.242 e. The molecule has 1 amide bonds. The molecule has 7 nitrogen and oxygen atoms in total. The molecule has 3 N–H and O–H groups in total. The molecule has 1 fully saturated rings. The minimum atomic E-state index is -0.380.